The van der Waals surface area contributed by atoms with Gasteiger partial charge in [0.15, 0.2) is 0 Å². The van der Waals surface area contributed by atoms with Crippen LogP contribution in [0.25, 0.3) is 0 Å². The lowest BCUT2D eigenvalue weighted by atomic mass is 9.79. The van der Waals surface area contributed by atoms with Crippen molar-refractivity contribution in [2.45, 2.75) is 62.6 Å². The molecule has 27 heavy (non-hydrogen) atoms. The summed E-state index contributed by atoms with van der Waals surface area (Å²) in [4.78, 5) is 9.14. The molecule has 0 bridgehead atoms. The van der Waals surface area contributed by atoms with Crippen LogP contribution in [-0.4, -0.2) is 65.4 Å². The highest BCUT2D eigenvalue weighted by Gasteiger charge is 2.44. The van der Waals surface area contributed by atoms with Crippen LogP contribution in [0.5, 0.6) is 0 Å². The topological polar surface area (TPSA) is 75.4 Å². The predicted octanol–water partition coefficient (Wildman–Crippen LogP) is 1.89. The Morgan fingerprint density at radius 2 is 2.00 bits per heavy atom. The van der Waals surface area contributed by atoms with E-state index in [4.69, 9.17) is 0 Å². The Hall–Kier alpha value is -1.68. The maximum atomic E-state index is 11.3. The molecule has 0 saturated carbocycles. The quantitative estimate of drug-likeness (QED) is 0.844. The first-order valence-corrected chi connectivity index (χ1v) is 10.5. The van der Waals surface area contributed by atoms with Crippen LogP contribution in [-0.2, 0) is 0 Å². The fourth-order valence-corrected chi connectivity index (χ4v) is 5.18. The Bertz CT molecular complexity index is 679. The molecule has 3 aliphatic heterocycles. The molecule has 3 fully saturated rings. The molecule has 1 aromatic rings. The monoisotopic (exact) mass is 369 g/mol. The molecule has 0 aromatic carbocycles. The van der Waals surface area contributed by atoms with Crippen LogP contribution in [0, 0.1) is 11.3 Å². The number of nitriles is 1. The normalized spacial score (nSPS) is 29.9. The van der Waals surface area contributed by atoms with Crippen molar-refractivity contribution in [1.29, 1.82) is 5.26 Å². The third kappa shape index (κ3) is 3.96. The van der Waals surface area contributed by atoms with Crippen molar-refractivity contribution >= 4 is 5.82 Å². The minimum absolute atomic E-state index is 0.333. The van der Waals surface area contributed by atoms with Gasteiger partial charge in [0.2, 0.25) is 0 Å². The summed E-state index contributed by atoms with van der Waals surface area (Å²) in [6.45, 7) is 4.80. The Balaban J connectivity index is 1.31. The second-order valence-corrected chi connectivity index (χ2v) is 8.38. The molecule has 4 heterocycles. The first kappa shape index (κ1) is 18.7. The first-order valence-electron chi connectivity index (χ1n) is 10.5. The highest BCUT2D eigenvalue weighted by molar-refractivity contribution is 5.53. The van der Waals surface area contributed by atoms with Gasteiger partial charge in [-0.25, -0.2) is 4.98 Å². The van der Waals surface area contributed by atoms with Gasteiger partial charge in [0, 0.05) is 37.9 Å². The van der Waals surface area contributed by atoms with Crippen LogP contribution in [0.2, 0.25) is 0 Å². The van der Waals surface area contributed by atoms with E-state index in [0.717, 1.165) is 64.1 Å². The van der Waals surface area contributed by atoms with Crippen LogP contribution < -0.4 is 10.2 Å². The molecule has 0 unspecified atom stereocenters. The first-order chi connectivity index (χ1) is 13.2. The molecule has 0 spiro atoms. The third-order valence-electron chi connectivity index (χ3n) is 6.69. The number of rotatable bonds is 4. The highest BCUT2D eigenvalue weighted by atomic mass is 16.3. The van der Waals surface area contributed by atoms with Gasteiger partial charge in [-0.15, -0.1) is 0 Å². The number of hydrogen-bond acceptors (Lipinski definition) is 6. The van der Waals surface area contributed by atoms with E-state index in [1.54, 1.807) is 6.20 Å². The molecule has 2 N–H and O–H groups in total. The van der Waals surface area contributed by atoms with Crippen molar-refractivity contribution in [2.24, 2.45) is 0 Å². The highest BCUT2D eigenvalue weighted by Crippen LogP contribution is 2.34. The van der Waals surface area contributed by atoms with Gasteiger partial charge in [-0.1, -0.05) is 6.42 Å². The summed E-state index contributed by atoms with van der Waals surface area (Å²) in [7, 11) is 0. The average Bonchev–Trinajstić information content (AvgIpc) is 2.73. The molecule has 3 saturated heterocycles. The maximum Gasteiger partial charge on any atom is 0.146 e. The number of hydrogen-bond donors (Lipinski definition) is 2. The lowest BCUT2D eigenvalue weighted by molar-refractivity contribution is -0.0931. The lowest BCUT2D eigenvalue weighted by Crippen LogP contribution is -2.63. The molecule has 6 heteroatoms. The molecule has 4 rings (SSSR count). The molecular formula is C21H31N5O. The van der Waals surface area contributed by atoms with E-state index in [1.165, 1.54) is 12.8 Å². The van der Waals surface area contributed by atoms with Crippen LogP contribution in [0.15, 0.2) is 18.3 Å². The number of piperidine rings is 3. The number of fused-ring (bicyclic) bond motifs is 1. The van der Waals surface area contributed by atoms with Gasteiger partial charge >= 0.3 is 0 Å². The number of nitrogens with zero attached hydrogens (tertiary/aromatic N) is 4. The zero-order valence-corrected chi connectivity index (χ0v) is 16.1. The third-order valence-corrected chi connectivity index (χ3v) is 6.69. The Morgan fingerprint density at radius 1 is 1.19 bits per heavy atom. The summed E-state index contributed by atoms with van der Waals surface area (Å²) in [5, 5.41) is 24.3. The fraction of sp³-hybridized carbons (Fsp3) is 0.714. The van der Waals surface area contributed by atoms with Gasteiger partial charge < -0.3 is 15.3 Å². The van der Waals surface area contributed by atoms with E-state index >= 15 is 0 Å². The van der Waals surface area contributed by atoms with Crippen molar-refractivity contribution in [2.75, 3.05) is 37.6 Å². The van der Waals surface area contributed by atoms with Gasteiger partial charge in [-0.2, -0.15) is 5.26 Å². The molecule has 0 amide bonds. The van der Waals surface area contributed by atoms with Crippen LogP contribution in [0.3, 0.4) is 0 Å². The standard InChI is InChI=1S/C21H31N5O/c22-15-17-5-3-10-23-20(17)26-13-7-18(8-14-26)24-16-21(27)9-4-12-25-11-2-1-6-19(21)25/h3,5,10,18-19,24,27H,1-2,4,6-9,11-14,16H2/t19-,21-/m1/s1. The molecule has 0 radical (unpaired) electrons. The summed E-state index contributed by atoms with van der Waals surface area (Å²) >= 11 is 0. The van der Waals surface area contributed by atoms with Gasteiger partial charge in [-0.3, -0.25) is 4.90 Å². The van der Waals surface area contributed by atoms with Crippen molar-refractivity contribution in [3.63, 3.8) is 0 Å². The minimum atomic E-state index is -0.579. The number of aromatic nitrogens is 1. The van der Waals surface area contributed by atoms with E-state index in [-0.39, 0.29) is 0 Å². The summed E-state index contributed by atoms with van der Waals surface area (Å²) in [5.41, 5.74) is 0.0722. The number of anilines is 1. The van der Waals surface area contributed by atoms with E-state index in [1.807, 2.05) is 12.1 Å². The zero-order chi connectivity index (χ0) is 18.7. The van der Waals surface area contributed by atoms with Crippen molar-refractivity contribution in [3.8, 4) is 6.07 Å². The molecule has 1 aromatic heterocycles. The number of aliphatic hydroxyl groups is 1. The van der Waals surface area contributed by atoms with Gasteiger partial charge in [-0.05, 0) is 63.7 Å². The smallest absolute Gasteiger partial charge is 0.146 e. The Labute approximate surface area is 162 Å². The fourth-order valence-electron chi connectivity index (χ4n) is 5.18. The number of nitrogens with one attached hydrogen (secondary N) is 1. The summed E-state index contributed by atoms with van der Waals surface area (Å²) in [5.74, 6) is 0.808. The van der Waals surface area contributed by atoms with Gasteiger partial charge in [0.25, 0.3) is 0 Å². The second kappa shape index (κ2) is 8.14. The summed E-state index contributed by atoms with van der Waals surface area (Å²) in [6, 6.07) is 6.66. The molecule has 2 atom stereocenters. The van der Waals surface area contributed by atoms with Gasteiger partial charge in [0.05, 0.1) is 11.2 Å². The van der Waals surface area contributed by atoms with Crippen LogP contribution in [0.1, 0.15) is 50.5 Å². The largest absolute Gasteiger partial charge is 0.387 e. The van der Waals surface area contributed by atoms with E-state index in [0.29, 0.717) is 24.2 Å². The van der Waals surface area contributed by atoms with Crippen molar-refractivity contribution in [3.05, 3.63) is 23.9 Å². The van der Waals surface area contributed by atoms with E-state index < -0.39 is 5.60 Å². The molecule has 146 valence electrons. The minimum Gasteiger partial charge on any atom is -0.387 e. The van der Waals surface area contributed by atoms with Crippen molar-refractivity contribution < 1.29 is 5.11 Å². The lowest BCUT2D eigenvalue weighted by Gasteiger charge is -2.50. The Morgan fingerprint density at radius 3 is 2.81 bits per heavy atom. The zero-order valence-electron chi connectivity index (χ0n) is 16.1. The summed E-state index contributed by atoms with van der Waals surface area (Å²) < 4.78 is 0. The average molecular weight is 370 g/mol. The van der Waals surface area contributed by atoms with Crippen LogP contribution in [0.4, 0.5) is 5.82 Å². The molecule has 0 aliphatic carbocycles. The maximum absolute atomic E-state index is 11.3. The van der Waals surface area contributed by atoms with E-state index in [2.05, 4.69) is 26.2 Å². The molecular weight excluding hydrogens is 338 g/mol. The van der Waals surface area contributed by atoms with Crippen molar-refractivity contribution in [1.82, 2.24) is 15.2 Å². The molecule has 3 aliphatic rings. The van der Waals surface area contributed by atoms with E-state index in [9.17, 15) is 10.4 Å². The SMILES string of the molecule is N#Cc1cccnc1N1CCC(NC[C@]2(O)CCCN3CCCC[C@@H]32)CC1. The van der Waals surface area contributed by atoms with Gasteiger partial charge in [0.1, 0.15) is 11.9 Å². The Kier molecular flexibility index (Phi) is 5.63. The predicted molar refractivity (Wildman–Crippen MR) is 106 cm³/mol. The second-order valence-electron chi connectivity index (χ2n) is 8.38. The summed E-state index contributed by atoms with van der Waals surface area (Å²) in [6.07, 6.45) is 9.47. The van der Waals surface area contributed by atoms with Crippen LogP contribution >= 0.6 is 0 Å². The molecule has 6 nitrogen and oxygen atoms in total. The number of pyridine rings is 1.